The maximum absolute atomic E-state index is 13.3. The molecule has 1 atom stereocenters. The van der Waals surface area contributed by atoms with E-state index in [-0.39, 0.29) is 17.3 Å². The Hall–Kier alpha value is -2.02. The first-order valence-electron chi connectivity index (χ1n) is 4.78. The van der Waals surface area contributed by atoms with Gasteiger partial charge in [0.25, 0.3) is 0 Å². The van der Waals surface area contributed by atoms with Crippen molar-refractivity contribution < 1.29 is 14.3 Å². The maximum atomic E-state index is 13.3. The molecule has 0 fully saturated rings. The van der Waals surface area contributed by atoms with Gasteiger partial charge in [0.1, 0.15) is 11.4 Å². The van der Waals surface area contributed by atoms with E-state index in [1.165, 1.54) is 12.1 Å². The lowest BCUT2D eigenvalue weighted by molar-refractivity contribution is 0.0693. The zero-order valence-electron chi connectivity index (χ0n) is 8.83. The minimum absolute atomic E-state index is 0.107. The van der Waals surface area contributed by atoms with E-state index in [0.717, 1.165) is 6.07 Å². The first-order chi connectivity index (χ1) is 7.56. The van der Waals surface area contributed by atoms with Crippen molar-refractivity contribution in [3.8, 4) is 12.3 Å². The predicted octanol–water partition coefficient (Wildman–Crippen LogP) is 2.35. The third-order valence-electron chi connectivity index (χ3n) is 2.05. The largest absolute Gasteiger partial charge is 0.478 e. The zero-order valence-corrected chi connectivity index (χ0v) is 8.83. The topological polar surface area (TPSA) is 49.3 Å². The van der Waals surface area contributed by atoms with Crippen LogP contribution in [-0.2, 0) is 0 Å². The van der Waals surface area contributed by atoms with Crippen molar-refractivity contribution in [3.05, 3.63) is 29.6 Å². The Kier molecular flexibility index (Phi) is 3.90. The van der Waals surface area contributed by atoms with E-state index in [1.54, 1.807) is 6.92 Å². The third kappa shape index (κ3) is 2.74. The van der Waals surface area contributed by atoms with Gasteiger partial charge in [0, 0.05) is 12.5 Å². The smallest absolute Gasteiger partial charge is 0.340 e. The third-order valence-corrected chi connectivity index (χ3v) is 2.05. The molecule has 0 radical (unpaired) electrons. The quantitative estimate of drug-likeness (QED) is 0.767. The summed E-state index contributed by atoms with van der Waals surface area (Å²) in [6, 6.07) is 3.97. The van der Waals surface area contributed by atoms with Crippen molar-refractivity contribution in [1.82, 2.24) is 0 Å². The second-order valence-corrected chi connectivity index (χ2v) is 3.42. The summed E-state index contributed by atoms with van der Waals surface area (Å²) in [5.74, 6) is 0.391. The van der Waals surface area contributed by atoms with Crippen LogP contribution in [0.5, 0.6) is 0 Å². The number of benzene rings is 1. The van der Waals surface area contributed by atoms with Crippen molar-refractivity contribution in [1.29, 1.82) is 0 Å². The summed E-state index contributed by atoms with van der Waals surface area (Å²) in [5.41, 5.74) is -0.110. The first kappa shape index (κ1) is 12.1. The molecular weight excluding hydrogens is 209 g/mol. The molecule has 1 rings (SSSR count). The van der Waals surface area contributed by atoms with Gasteiger partial charge in [0.05, 0.1) is 5.69 Å². The van der Waals surface area contributed by atoms with Crippen LogP contribution in [-0.4, -0.2) is 17.1 Å². The van der Waals surface area contributed by atoms with E-state index in [1.807, 2.05) is 0 Å². The van der Waals surface area contributed by atoms with Gasteiger partial charge in [-0.3, -0.25) is 0 Å². The number of rotatable bonds is 4. The molecule has 0 aliphatic rings. The normalized spacial score (nSPS) is 11.6. The summed E-state index contributed by atoms with van der Waals surface area (Å²) in [7, 11) is 0. The number of terminal acetylenes is 1. The molecule has 0 aliphatic carbocycles. The van der Waals surface area contributed by atoms with Crippen LogP contribution in [0.1, 0.15) is 23.7 Å². The molecule has 0 aliphatic heterocycles. The summed E-state index contributed by atoms with van der Waals surface area (Å²) in [5, 5.41) is 11.7. The Morgan fingerprint density at radius 3 is 2.94 bits per heavy atom. The molecule has 2 N–H and O–H groups in total. The summed E-state index contributed by atoms with van der Waals surface area (Å²) < 4.78 is 13.3. The van der Waals surface area contributed by atoms with Crippen molar-refractivity contribution in [3.63, 3.8) is 0 Å². The molecule has 3 nitrogen and oxygen atoms in total. The van der Waals surface area contributed by atoms with E-state index < -0.39 is 11.8 Å². The molecule has 16 heavy (non-hydrogen) atoms. The van der Waals surface area contributed by atoms with Crippen molar-refractivity contribution in [2.75, 3.05) is 5.32 Å². The monoisotopic (exact) mass is 221 g/mol. The molecule has 0 saturated carbocycles. The standard InChI is InChI=1S/C12H12FNO2/c1-3-5-8(2)14-10-7-4-6-9(13)11(10)12(15)16/h1,4,6-8,14H,5H2,2H3,(H,15,16). The fourth-order valence-corrected chi connectivity index (χ4v) is 1.36. The molecule has 0 spiro atoms. The zero-order chi connectivity index (χ0) is 12.1. The van der Waals surface area contributed by atoms with Crippen LogP contribution in [0.3, 0.4) is 0 Å². The lowest BCUT2D eigenvalue weighted by atomic mass is 10.1. The molecule has 1 aromatic carbocycles. The number of hydrogen-bond acceptors (Lipinski definition) is 2. The highest BCUT2D eigenvalue weighted by atomic mass is 19.1. The number of aromatic carboxylic acids is 1. The molecule has 1 aromatic rings. The Morgan fingerprint density at radius 1 is 1.69 bits per heavy atom. The van der Waals surface area contributed by atoms with Crippen molar-refractivity contribution in [2.24, 2.45) is 0 Å². The molecule has 0 saturated heterocycles. The lowest BCUT2D eigenvalue weighted by Crippen LogP contribution is -2.17. The minimum atomic E-state index is -1.30. The Balaban J connectivity index is 3.00. The first-order valence-corrected chi connectivity index (χ1v) is 4.78. The molecule has 4 heteroatoms. The average molecular weight is 221 g/mol. The molecule has 1 unspecified atom stereocenters. The van der Waals surface area contributed by atoms with Crippen LogP contribution in [0.25, 0.3) is 0 Å². The van der Waals surface area contributed by atoms with Crippen molar-refractivity contribution in [2.45, 2.75) is 19.4 Å². The van der Waals surface area contributed by atoms with Gasteiger partial charge < -0.3 is 10.4 Å². The summed E-state index contributed by atoms with van der Waals surface area (Å²) in [6.45, 7) is 1.80. The van der Waals surface area contributed by atoms with Gasteiger partial charge >= 0.3 is 5.97 Å². The van der Waals surface area contributed by atoms with Crippen LogP contribution in [0.15, 0.2) is 18.2 Å². The van der Waals surface area contributed by atoms with Crippen LogP contribution in [0.4, 0.5) is 10.1 Å². The van der Waals surface area contributed by atoms with Gasteiger partial charge in [0.2, 0.25) is 0 Å². The van der Waals surface area contributed by atoms with Gasteiger partial charge in [-0.1, -0.05) is 6.07 Å². The van der Waals surface area contributed by atoms with Gasteiger partial charge in [-0.2, -0.15) is 0 Å². The second-order valence-electron chi connectivity index (χ2n) is 3.42. The van der Waals surface area contributed by atoms with E-state index in [2.05, 4.69) is 11.2 Å². The van der Waals surface area contributed by atoms with E-state index in [0.29, 0.717) is 6.42 Å². The molecule has 0 heterocycles. The number of anilines is 1. The van der Waals surface area contributed by atoms with Crippen LogP contribution in [0.2, 0.25) is 0 Å². The summed E-state index contributed by atoms with van der Waals surface area (Å²) in [4.78, 5) is 10.9. The molecule has 0 amide bonds. The highest BCUT2D eigenvalue weighted by molar-refractivity contribution is 5.94. The number of carboxylic acids is 1. The minimum Gasteiger partial charge on any atom is -0.478 e. The molecule has 0 aromatic heterocycles. The molecular formula is C12H12FNO2. The summed E-state index contributed by atoms with van der Waals surface area (Å²) in [6.07, 6.45) is 5.57. The van der Waals surface area contributed by atoms with E-state index in [9.17, 15) is 9.18 Å². The Bertz CT molecular complexity index is 437. The number of carbonyl (C=O) groups is 1. The molecule has 84 valence electrons. The summed E-state index contributed by atoms with van der Waals surface area (Å²) >= 11 is 0. The predicted molar refractivity (Wildman–Crippen MR) is 59.9 cm³/mol. The highest BCUT2D eigenvalue weighted by Gasteiger charge is 2.16. The van der Waals surface area contributed by atoms with Crippen LogP contribution >= 0.6 is 0 Å². The second kappa shape index (κ2) is 5.17. The average Bonchev–Trinajstić information content (AvgIpc) is 2.17. The fraction of sp³-hybridized carbons (Fsp3) is 0.250. The van der Waals surface area contributed by atoms with E-state index in [4.69, 9.17) is 11.5 Å². The number of carboxylic acid groups (broad SMARTS) is 1. The van der Waals surface area contributed by atoms with Crippen LogP contribution in [0, 0.1) is 18.2 Å². The maximum Gasteiger partial charge on any atom is 0.340 e. The van der Waals surface area contributed by atoms with E-state index >= 15 is 0 Å². The van der Waals surface area contributed by atoms with Gasteiger partial charge in [-0.05, 0) is 19.1 Å². The van der Waals surface area contributed by atoms with Gasteiger partial charge in [-0.25, -0.2) is 9.18 Å². The number of hydrogen-bond donors (Lipinski definition) is 2. The molecule has 0 bridgehead atoms. The number of nitrogens with one attached hydrogen (secondary N) is 1. The Labute approximate surface area is 93.3 Å². The van der Waals surface area contributed by atoms with Gasteiger partial charge in [-0.15, -0.1) is 12.3 Å². The lowest BCUT2D eigenvalue weighted by Gasteiger charge is -2.14. The highest BCUT2D eigenvalue weighted by Crippen LogP contribution is 2.20. The van der Waals surface area contributed by atoms with Crippen LogP contribution < -0.4 is 5.32 Å². The van der Waals surface area contributed by atoms with Gasteiger partial charge in [0.15, 0.2) is 0 Å². The number of halogens is 1. The SMILES string of the molecule is C#CCC(C)Nc1cccc(F)c1C(=O)O. The fourth-order valence-electron chi connectivity index (χ4n) is 1.36. The van der Waals surface area contributed by atoms with Crippen molar-refractivity contribution >= 4 is 11.7 Å². The Morgan fingerprint density at radius 2 is 2.38 bits per heavy atom.